The van der Waals surface area contributed by atoms with Crippen LogP contribution in [0.5, 0.6) is 0 Å². The Kier molecular flexibility index (Phi) is 14.4. The minimum absolute atomic E-state index is 0. The fourth-order valence-electron chi connectivity index (χ4n) is 4.49. The van der Waals surface area contributed by atoms with Crippen molar-refractivity contribution in [1.82, 2.24) is 0 Å². The van der Waals surface area contributed by atoms with E-state index < -0.39 is 46.6 Å². The number of hydrogen-bond donors (Lipinski definition) is 2. The average Bonchev–Trinajstić information content (AvgIpc) is 2.96. The molecule has 11 heteroatoms. The van der Waals surface area contributed by atoms with E-state index in [0.29, 0.717) is 6.42 Å². The molecule has 5 atom stereocenters. The smallest absolute Gasteiger partial charge is 0.267 e. The number of aliphatic hydroxyl groups excluding tert-OH is 1. The van der Waals surface area contributed by atoms with Crippen LogP contribution in [-0.2, 0) is 53.6 Å². The SMILES string of the molecule is O=S(=O)(O)C[C@H]1O[C@H](OCCCO)[C@H](OCc2ccccc2)[C@@H](OCc2ccccc2)[C@@H]1OCc1ccccc1.[Na]. The second-order valence-corrected chi connectivity index (χ2v) is 11.0. The summed E-state index contributed by atoms with van der Waals surface area (Å²) in [5.74, 6) is -0.719. The van der Waals surface area contributed by atoms with Crippen molar-refractivity contribution in [1.29, 1.82) is 0 Å². The maximum absolute atomic E-state index is 12.0. The van der Waals surface area contributed by atoms with Gasteiger partial charge in [0.15, 0.2) is 6.29 Å². The van der Waals surface area contributed by atoms with Crippen LogP contribution in [-0.4, -0.2) is 97.3 Å². The molecular formula is C30H36NaO9S. The van der Waals surface area contributed by atoms with Crippen molar-refractivity contribution in [2.24, 2.45) is 0 Å². The normalized spacial score (nSPS) is 22.6. The molecule has 1 fully saturated rings. The van der Waals surface area contributed by atoms with E-state index in [1.807, 2.05) is 91.0 Å². The van der Waals surface area contributed by atoms with Crippen LogP contribution in [0.25, 0.3) is 0 Å². The Labute approximate surface area is 263 Å². The van der Waals surface area contributed by atoms with Crippen LogP contribution >= 0.6 is 0 Å². The maximum atomic E-state index is 12.0. The molecule has 1 radical (unpaired) electrons. The van der Waals surface area contributed by atoms with Crippen molar-refractivity contribution in [3.8, 4) is 0 Å². The van der Waals surface area contributed by atoms with Crippen molar-refractivity contribution >= 4 is 39.7 Å². The molecule has 2 N–H and O–H groups in total. The van der Waals surface area contributed by atoms with Gasteiger partial charge < -0.3 is 28.8 Å². The molecule has 0 aromatic heterocycles. The van der Waals surface area contributed by atoms with E-state index in [9.17, 15) is 18.1 Å². The van der Waals surface area contributed by atoms with Gasteiger partial charge in [-0.1, -0.05) is 91.0 Å². The average molecular weight is 596 g/mol. The monoisotopic (exact) mass is 595 g/mol. The van der Waals surface area contributed by atoms with Gasteiger partial charge in [-0.3, -0.25) is 4.55 Å². The molecular weight excluding hydrogens is 559 g/mol. The molecule has 0 unspecified atom stereocenters. The molecule has 1 saturated heterocycles. The van der Waals surface area contributed by atoms with Gasteiger partial charge in [0, 0.05) is 36.2 Å². The van der Waals surface area contributed by atoms with E-state index in [1.54, 1.807) is 0 Å². The molecule has 0 bridgehead atoms. The van der Waals surface area contributed by atoms with E-state index in [1.165, 1.54) is 0 Å². The fraction of sp³-hybridized carbons (Fsp3) is 0.400. The first-order chi connectivity index (χ1) is 19.4. The van der Waals surface area contributed by atoms with Gasteiger partial charge in [0.2, 0.25) is 0 Å². The summed E-state index contributed by atoms with van der Waals surface area (Å²) in [6.07, 6.45) is -4.38. The van der Waals surface area contributed by atoms with Crippen LogP contribution < -0.4 is 0 Å². The van der Waals surface area contributed by atoms with Crippen molar-refractivity contribution < 1.29 is 41.8 Å². The number of ether oxygens (including phenoxy) is 5. The quantitative estimate of drug-likeness (QED) is 0.155. The van der Waals surface area contributed by atoms with Gasteiger partial charge in [-0.25, -0.2) is 0 Å². The third kappa shape index (κ3) is 11.2. The zero-order chi connectivity index (χ0) is 28.2. The molecule has 1 aliphatic heterocycles. The first-order valence-electron chi connectivity index (χ1n) is 13.2. The van der Waals surface area contributed by atoms with Crippen LogP contribution in [0.2, 0.25) is 0 Å². The maximum Gasteiger partial charge on any atom is 0.267 e. The molecule has 1 aliphatic rings. The summed E-state index contributed by atoms with van der Waals surface area (Å²) in [7, 11) is -4.45. The van der Waals surface area contributed by atoms with Gasteiger partial charge in [0.1, 0.15) is 30.2 Å². The first-order valence-corrected chi connectivity index (χ1v) is 14.8. The molecule has 41 heavy (non-hydrogen) atoms. The third-order valence-electron chi connectivity index (χ3n) is 6.41. The molecule has 1 heterocycles. The van der Waals surface area contributed by atoms with Crippen LogP contribution in [0.3, 0.4) is 0 Å². The summed E-state index contributed by atoms with van der Waals surface area (Å²) in [6.45, 7) is 0.626. The Bertz CT molecular complexity index is 1230. The Morgan fingerprint density at radius 3 is 1.54 bits per heavy atom. The van der Waals surface area contributed by atoms with Gasteiger partial charge in [0.25, 0.3) is 10.1 Å². The third-order valence-corrected chi connectivity index (χ3v) is 7.16. The Morgan fingerprint density at radius 1 is 0.659 bits per heavy atom. The van der Waals surface area contributed by atoms with E-state index >= 15 is 0 Å². The predicted octanol–water partition coefficient (Wildman–Crippen LogP) is 3.37. The van der Waals surface area contributed by atoms with Gasteiger partial charge in [-0.15, -0.1) is 0 Å². The molecule has 4 rings (SSSR count). The van der Waals surface area contributed by atoms with Crippen LogP contribution in [0.15, 0.2) is 91.0 Å². The van der Waals surface area contributed by atoms with Crippen molar-refractivity contribution in [3.63, 3.8) is 0 Å². The molecule has 9 nitrogen and oxygen atoms in total. The van der Waals surface area contributed by atoms with Gasteiger partial charge in [-0.2, -0.15) is 8.42 Å². The van der Waals surface area contributed by atoms with Crippen LogP contribution in [0.1, 0.15) is 23.1 Å². The van der Waals surface area contributed by atoms with E-state index in [-0.39, 0.29) is 62.6 Å². The standard InChI is InChI=1S/C30H36O9S.Na/c31-17-10-18-35-30-29(38-21-25-15-8-3-9-16-25)28(37-20-24-13-6-2-7-14-24)27(26(39-30)22-40(32,33)34)36-19-23-11-4-1-5-12-23;/h1-9,11-16,26-31H,10,17-22H2,(H,32,33,34);/t26-,27-,28+,29-,30+;/m1./s1. The van der Waals surface area contributed by atoms with E-state index in [2.05, 4.69) is 0 Å². The fourth-order valence-corrected chi connectivity index (χ4v) is 5.17. The van der Waals surface area contributed by atoms with E-state index in [4.69, 9.17) is 23.7 Å². The zero-order valence-electron chi connectivity index (χ0n) is 23.2. The summed E-state index contributed by atoms with van der Waals surface area (Å²) in [5, 5.41) is 9.29. The molecule has 0 amide bonds. The Balaban J connectivity index is 0.00000462. The number of aliphatic hydroxyl groups is 1. The molecule has 0 saturated carbocycles. The van der Waals surface area contributed by atoms with Crippen LogP contribution in [0, 0.1) is 0 Å². The van der Waals surface area contributed by atoms with Gasteiger partial charge >= 0.3 is 0 Å². The minimum atomic E-state index is -4.45. The number of rotatable bonds is 15. The second kappa shape index (κ2) is 17.4. The molecule has 0 spiro atoms. The molecule has 217 valence electrons. The van der Waals surface area contributed by atoms with Crippen molar-refractivity contribution in [3.05, 3.63) is 108 Å². The van der Waals surface area contributed by atoms with Crippen molar-refractivity contribution in [2.45, 2.75) is 56.9 Å². The van der Waals surface area contributed by atoms with Crippen LogP contribution in [0.4, 0.5) is 0 Å². The topological polar surface area (TPSA) is 121 Å². The van der Waals surface area contributed by atoms with E-state index in [0.717, 1.165) is 16.7 Å². The van der Waals surface area contributed by atoms with Gasteiger partial charge in [0.05, 0.1) is 26.4 Å². The Hall–Kier alpha value is -1.67. The van der Waals surface area contributed by atoms with Crippen molar-refractivity contribution in [2.75, 3.05) is 19.0 Å². The first kappa shape index (κ1) is 33.8. The second-order valence-electron chi connectivity index (χ2n) is 9.52. The summed E-state index contributed by atoms with van der Waals surface area (Å²) >= 11 is 0. The molecule has 3 aromatic carbocycles. The molecule has 3 aromatic rings. The largest absolute Gasteiger partial charge is 0.396 e. The van der Waals surface area contributed by atoms with Gasteiger partial charge in [-0.05, 0) is 23.1 Å². The summed E-state index contributed by atoms with van der Waals surface area (Å²) in [6, 6.07) is 28.6. The summed E-state index contributed by atoms with van der Waals surface area (Å²) < 4.78 is 65.0. The zero-order valence-corrected chi connectivity index (χ0v) is 26.0. The number of benzene rings is 3. The predicted molar refractivity (Wildman–Crippen MR) is 154 cm³/mol. The summed E-state index contributed by atoms with van der Waals surface area (Å²) in [5.41, 5.74) is 2.69. The Morgan fingerprint density at radius 2 is 1.10 bits per heavy atom. The minimum Gasteiger partial charge on any atom is -0.396 e. The summed E-state index contributed by atoms with van der Waals surface area (Å²) in [4.78, 5) is 0. The number of hydrogen-bond acceptors (Lipinski definition) is 8. The molecule has 0 aliphatic carbocycles.